The summed E-state index contributed by atoms with van der Waals surface area (Å²) in [6, 6.07) is 21.1. The highest BCUT2D eigenvalue weighted by Gasteiger charge is 2.36. The van der Waals surface area contributed by atoms with Crippen LogP contribution in [0.15, 0.2) is 72.1 Å². The molecule has 1 aliphatic rings. The van der Waals surface area contributed by atoms with Crippen molar-refractivity contribution < 1.29 is 14.7 Å². The Kier molecular flexibility index (Phi) is 7.11. The summed E-state index contributed by atoms with van der Waals surface area (Å²) in [6.07, 6.45) is 3.10. The Balaban J connectivity index is 1.54. The van der Waals surface area contributed by atoms with Crippen LogP contribution in [0, 0.1) is 0 Å². The first-order valence-electron chi connectivity index (χ1n) is 12.1. The van der Waals surface area contributed by atoms with E-state index >= 15 is 0 Å². The summed E-state index contributed by atoms with van der Waals surface area (Å²) < 4.78 is 0. The SMILES string of the molecule is NC(c1ccc(C(=O)NCCC(=O)O)cc1)(c1ccc2c(c1)CCC2)c1nc(-c2ccccc2Cl)cs1. The van der Waals surface area contributed by atoms with E-state index in [1.165, 1.54) is 22.5 Å². The molecular weight excluding hydrogens is 506 g/mol. The highest BCUT2D eigenvalue weighted by Crippen LogP contribution is 2.40. The van der Waals surface area contributed by atoms with Crippen molar-refractivity contribution in [1.82, 2.24) is 10.3 Å². The molecule has 6 nitrogen and oxygen atoms in total. The molecule has 8 heteroatoms. The Morgan fingerprint density at radius 2 is 1.76 bits per heavy atom. The number of carboxylic acid groups (broad SMARTS) is 1. The Labute approximate surface area is 224 Å². The van der Waals surface area contributed by atoms with Gasteiger partial charge in [-0.25, -0.2) is 4.98 Å². The van der Waals surface area contributed by atoms with Gasteiger partial charge in [0.2, 0.25) is 0 Å². The van der Waals surface area contributed by atoms with Gasteiger partial charge in [0.1, 0.15) is 10.5 Å². The monoisotopic (exact) mass is 531 g/mol. The van der Waals surface area contributed by atoms with Gasteiger partial charge < -0.3 is 16.2 Å². The van der Waals surface area contributed by atoms with Gasteiger partial charge in [-0.15, -0.1) is 11.3 Å². The first-order chi connectivity index (χ1) is 17.9. The van der Waals surface area contributed by atoms with Crippen LogP contribution in [0.1, 0.15) is 50.5 Å². The van der Waals surface area contributed by atoms with Crippen LogP contribution in [0.5, 0.6) is 0 Å². The highest BCUT2D eigenvalue weighted by atomic mass is 35.5. The van der Waals surface area contributed by atoms with Crippen molar-refractivity contribution in [2.45, 2.75) is 31.2 Å². The molecule has 5 rings (SSSR count). The molecule has 1 atom stereocenters. The molecule has 188 valence electrons. The third-order valence-electron chi connectivity index (χ3n) is 6.77. The van der Waals surface area contributed by atoms with Gasteiger partial charge in [0, 0.05) is 28.1 Å². The van der Waals surface area contributed by atoms with E-state index in [0.717, 1.165) is 46.7 Å². The second kappa shape index (κ2) is 10.5. The minimum absolute atomic E-state index is 0.0653. The molecule has 0 fully saturated rings. The van der Waals surface area contributed by atoms with Crippen LogP contribution in [0.3, 0.4) is 0 Å². The molecule has 0 saturated heterocycles. The Morgan fingerprint density at radius 3 is 2.51 bits per heavy atom. The van der Waals surface area contributed by atoms with E-state index in [4.69, 9.17) is 27.4 Å². The van der Waals surface area contributed by atoms with E-state index < -0.39 is 11.5 Å². The lowest BCUT2D eigenvalue weighted by Gasteiger charge is -2.29. The lowest BCUT2D eigenvalue weighted by Crippen LogP contribution is -2.39. The van der Waals surface area contributed by atoms with Crippen LogP contribution in [-0.4, -0.2) is 28.5 Å². The molecule has 1 aliphatic carbocycles. The van der Waals surface area contributed by atoms with E-state index in [1.54, 1.807) is 12.1 Å². The van der Waals surface area contributed by atoms with E-state index in [1.807, 2.05) is 41.8 Å². The second-order valence-electron chi connectivity index (χ2n) is 9.14. The average molecular weight is 532 g/mol. The maximum Gasteiger partial charge on any atom is 0.305 e. The Hall–Kier alpha value is -3.52. The van der Waals surface area contributed by atoms with Crippen LogP contribution in [0.25, 0.3) is 11.3 Å². The minimum Gasteiger partial charge on any atom is -0.481 e. The summed E-state index contributed by atoms with van der Waals surface area (Å²) >= 11 is 7.92. The van der Waals surface area contributed by atoms with Gasteiger partial charge in [0.25, 0.3) is 5.91 Å². The topological polar surface area (TPSA) is 105 Å². The summed E-state index contributed by atoms with van der Waals surface area (Å²) in [7, 11) is 0. The molecule has 37 heavy (non-hydrogen) atoms. The molecule has 3 aromatic carbocycles. The molecule has 0 saturated carbocycles. The predicted molar refractivity (Wildman–Crippen MR) is 146 cm³/mol. The summed E-state index contributed by atoms with van der Waals surface area (Å²) in [5.74, 6) is -1.29. The number of aromatic nitrogens is 1. The van der Waals surface area contributed by atoms with Gasteiger partial charge in [0.15, 0.2) is 0 Å². The molecular formula is C29H26ClN3O3S. The van der Waals surface area contributed by atoms with Crippen molar-refractivity contribution in [3.63, 3.8) is 0 Å². The number of benzene rings is 3. The van der Waals surface area contributed by atoms with Crippen LogP contribution >= 0.6 is 22.9 Å². The van der Waals surface area contributed by atoms with Crippen molar-refractivity contribution >= 4 is 34.8 Å². The maximum absolute atomic E-state index is 12.5. The number of nitrogens with zero attached hydrogens (tertiary/aromatic N) is 1. The first-order valence-corrected chi connectivity index (χ1v) is 13.3. The lowest BCUT2D eigenvalue weighted by molar-refractivity contribution is -0.136. The number of halogens is 1. The number of hydrogen-bond donors (Lipinski definition) is 3. The van der Waals surface area contributed by atoms with Crippen molar-refractivity contribution in [3.05, 3.63) is 110 Å². The van der Waals surface area contributed by atoms with Crippen LogP contribution < -0.4 is 11.1 Å². The number of nitrogens with one attached hydrogen (secondary N) is 1. The summed E-state index contributed by atoms with van der Waals surface area (Å²) in [5, 5.41) is 14.8. The summed E-state index contributed by atoms with van der Waals surface area (Å²) in [5.41, 5.74) is 12.7. The fourth-order valence-electron chi connectivity index (χ4n) is 4.75. The van der Waals surface area contributed by atoms with Crippen molar-refractivity contribution in [1.29, 1.82) is 0 Å². The highest BCUT2D eigenvalue weighted by molar-refractivity contribution is 7.10. The third kappa shape index (κ3) is 5.03. The number of hydrogen-bond acceptors (Lipinski definition) is 5. The van der Waals surface area contributed by atoms with Gasteiger partial charge in [-0.1, -0.05) is 60.1 Å². The summed E-state index contributed by atoms with van der Waals surface area (Å²) in [6.45, 7) is 0.0653. The number of carbonyl (C=O) groups excluding carboxylic acids is 1. The molecule has 1 heterocycles. The molecule has 1 aromatic heterocycles. The van der Waals surface area contributed by atoms with Gasteiger partial charge in [-0.2, -0.15) is 0 Å². The maximum atomic E-state index is 12.5. The van der Waals surface area contributed by atoms with Gasteiger partial charge in [-0.3, -0.25) is 9.59 Å². The number of nitrogens with two attached hydrogens (primary N) is 1. The number of thiazole rings is 1. The fraction of sp³-hybridized carbons (Fsp3) is 0.207. The number of carboxylic acids is 1. The number of aliphatic carboxylic acids is 1. The lowest BCUT2D eigenvalue weighted by atomic mass is 9.82. The third-order valence-corrected chi connectivity index (χ3v) is 8.08. The van der Waals surface area contributed by atoms with Crippen LogP contribution in [0.4, 0.5) is 0 Å². The molecule has 4 N–H and O–H groups in total. The zero-order chi connectivity index (χ0) is 26.0. The summed E-state index contributed by atoms with van der Waals surface area (Å²) in [4.78, 5) is 28.2. The second-order valence-corrected chi connectivity index (χ2v) is 10.4. The predicted octanol–water partition coefficient (Wildman–Crippen LogP) is 5.41. The van der Waals surface area contributed by atoms with E-state index in [2.05, 4.69) is 23.5 Å². The van der Waals surface area contributed by atoms with Crippen LogP contribution in [0.2, 0.25) is 5.02 Å². The standard InChI is InChI=1S/C29H26ClN3O3S/c30-24-7-2-1-6-23(24)25-17-37-28(33-25)29(31,22-13-8-18-4-3-5-20(18)16-22)21-11-9-19(10-12-21)27(36)32-15-14-26(34)35/h1-2,6-13,16-17H,3-5,14-15,31H2,(H,32,36)(H,34,35). The normalized spacial score (nSPS) is 14.1. The van der Waals surface area contributed by atoms with Gasteiger partial charge in [0.05, 0.1) is 12.1 Å². The van der Waals surface area contributed by atoms with Gasteiger partial charge >= 0.3 is 5.97 Å². The Morgan fingerprint density at radius 1 is 1.03 bits per heavy atom. The van der Waals surface area contributed by atoms with Gasteiger partial charge in [-0.05, 0) is 59.7 Å². The van der Waals surface area contributed by atoms with Crippen molar-refractivity contribution in [2.75, 3.05) is 6.54 Å². The molecule has 0 radical (unpaired) electrons. The Bertz CT molecular complexity index is 1470. The molecule has 1 amide bonds. The molecule has 0 aliphatic heterocycles. The molecule has 0 bridgehead atoms. The first kappa shape index (κ1) is 25.1. The quantitative estimate of drug-likeness (QED) is 0.282. The number of rotatable bonds is 8. The van der Waals surface area contributed by atoms with E-state index in [-0.39, 0.29) is 18.9 Å². The molecule has 4 aromatic rings. The average Bonchev–Trinajstić information content (AvgIpc) is 3.58. The van der Waals surface area contributed by atoms with Crippen LogP contribution in [-0.2, 0) is 23.2 Å². The van der Waals surface area contributed by atoms with E-state index in [9.17, 15) is 9.59 Å². The zero-order valence-electron chi connectivity index (χ0n) is 20.0. The van der Waals surface area contributed by atoms with Crippen molar-refractivity contribution in [3.8, 4) is 11.3 Å². The zero-order valence-corrected chi connectivity index (χ0v) is 21.6. The fourth-order valence-corrected chi connectivity index (χ4v) is 5.96. The number of aryl methyl sites for hydroxylation is 2. The van der Waals surface area contributed by atoms with Crippen molar-refractivity contribution in [2.24, 2.45) is 5.73 Å². The molecule has 1 unspecified atom stereocenters. The molecule has 0 spiro atoms. The number of amides is 1. The minimum atomic E-state index is -1.04. The van der Waals surface area contributed by atoms with E-state index in [0.29, 0.717) is 10.6 Å². The largest absolute Gasteiger partial charge is 0.481 e. The number of carbonyl (C=O) groups is 2. The smallest absolute Gasteiger partial charge is 0.305 e. The number of fused-ring (bicyclic) bond motifs is 1.